The monoisotopic (exact) mass is 637 g/mol. The number of carbonyl (C=O) groups is 2. The molecule has 0 saturated carbocycles. The van der Waals surface area contributed by atoms with Crippen LogP contribution in [0.2, 0.25) is 15.1 Å². The van der Waals surface area contributed by atoms with Crippen molar-refractivity contribution in [3.05, 3.63) is 92.4 Å². The molecule has 220 valence electrons. The molecule has 0 aliphatic rings. The van der Waals surface area contributed by atoms with Crippen molar-refractivity contribution in [3.8, 4) is 0 Å². The fraction of sp³-hybridized carbons (Fsp3) is 0.333. The molecule has 0 aliphatic heterocycles. The van der Waals surface area contributed by atoms with E-state index in [2.05, 4.69) is 5.32 Å². The number of carbonyl (C=O) groups excluding carboxylic acids is 2. The normalized spacial score (nSPS) is 12.2. The Labute approximate surface area is 257 Å². The number of halogens is 3. The average Bonchev–Trinajstić information content (AvgIpc) is 2.89. The summed E-state index contributed by atoms with van der Waals surface area (Å²) in [6.07, 6.45) is 0.295. The molecule has 0 spiro atoms. The van der Waals surface area contributed by atoms with Gasteiger partial charge in [0.1, 0.15) is 12.6 Å². The lowest BCUT2D eigenvalue weighted by Gasteiger charge is -2.34. The van der Waals surface area contributed by atoms with Gasteiger partial charge in [-0.15, -0.1) is 0 Å². The fourth-order valence-corrected chi connectivity index (χ4v) is 6.28. The smallest absolute Gasteiger partial charge is 0.264 e. The first-order valence-corrected chi connectivity index (χ1v) is 15.7. The maximum atomic E-state index is 14.1. The summed E-state index contributed by atoms with van der Waals surface area (Å²) in [6, 6.07) is 14.8. The first kappa shape index (κ1) is 32.7. The number of amides is 2. The average molecular weight is 639 g/mol. The van der Waals surface area contributed by atoms with Crippen LogP contribution in [0, 0.1) is 13.8 Å². The maximum Gasteiger partial charge on any atom is 0.264 e. The van der Waals surface area contributed by atoms with Gasteiger partial charge in [-0.3, -0.25) is 13.9 Å². The van der Waals surface area contributed by atoms with Crippen molar-refractivity contribution in [2.45, 2.75) is 64.6 Å². The van der Waals surface area contributed by atoms with Gasteiger partial charge in [0.25, 0.3) is 10.0 Å². The largest absolute Gasteiger partial charge is 0.352 e. The third-order valence-electron chi connectivity index (χ3n) is 6.63. The van der Waals surface area contributed by atoms with E-state index in [1.807, 2.05) is 27.7 Å². The standard InChI is InChI=1S/C30H34Cl3N3O4S/c1-6-28(30(38)34-19(2)3)35(17-22-8-9-24(32)16-27(22)33)29(37)18-36(25-12-7-20(4)21(5)15-25)41(39,40)26-13-10-23(31)11-14-26/h7-16,19,28H,6,17-18H2,1-5H3,(H,34,38). The van der Waals surface area contributed by atoms with Gasteiger partial charge < -0.3 is 10.2 Å². The topological polar surface area (TPSA) is 86.8 Å². The molecular weight excluding hydrogens is 605 g/mol. The van der Waals surface area contributed by atoms with Crippen LogP contribution in [0.1, 0.15) is 43.9 Å². The van der Waals surface area contributed by atoms with E-state index in [0.717, 1.165) is 15.4 Å². The van der Waals surface area contributed by atoms with Gasteiger partial charge in [0, 0.05) is 27.7 Å². The summed E-state index contributed by atoms with van der Waals surface area (Å²) >= 11 is 18.5. The van der Waals surface area contributed by atoms with Crippen LogP contribution in [0.4, 0.5) is 5.69 Å². The molecule has 1 atom stereocenters. The summed E-state index contributed by atoms with van der Waals surface area (Å²) in [4.78, 5) is 28.7. The Morgan fingerprint density at radius 2 is 1.51 bits per heavy atom. The van der Waals surface area contributed by atoms with Crippen LogP contribution < -0.4 is 9.62 Å². The van der Waals surface area contributed by atoms with Crippen LogP contribution in [0.25, 0.3) is 0 Å². The predicted octanol–water partition coefficient (Wildman–Crippen LogP) is 6.79. The Morgan fingerprint density at radius 3 is 2.07 bits per heavy atom. The first-order chi connectivity index (χ1) is 19.2. The molecule has 0 aromatic heterocycles. The molecule has 0 bridgehead atoms. The number of benzene rings is 3. The molecule has 1 unspecified atom stereocenters. The van der Waals surface area contributed by atoms with E-state index in [0.29, 0.717) is 32.7 Å². The van der Waals surface area contributed by atoms with Crippen molar-refractivity contribution in [2.75, 3.05) is 10.8 Å². The predicted molar refractivity (Wildman–Crippen MR) is 166 cm³/mol. The summed E-state index contributed by atoms with van der Waals surface area (Å²) in [5.41, 5.74) is 2.72. The minimum absolute atomic E-state index is 0.0233. The number of hydrogen-bond donors (Lipinski definition) is 1. The quantitative estimate of drug-likeness (QED) is 0.251. The van der Waals surface area contributed by atoms with E-state index < -0.39 is 28.5 Å². The molecule has 0 heterocycles. The van der Waals surface area contributed by atoms with Gasteiger partial charge in [-0.05, 0) is 99.3 Å². The zero-order valence-corrected chi connectivity index (χ0v) is 26.7. The number of aryl methyl sites for hydroxylation is 2. The van der Waals surface area contributed by atoms with Crippen LogP contribution in [0.5, 0.6) is 0 Å². The molecule has 0 saturated heterocycles. The molecule has 3 rings (SSSR count). The van der Waals surface area contributed by atoms with Gasteiger partial charge in [-0.25, -0.2) is 8.42 Å². The highest BCUT2D eigenvalue weighted by Gasteiger charge is 2.34. The van der Waals surface area contributed by atoms with E-state index in [1.165, 1.54) is 29.2 Å². The van der Waals surface area contributed by atoms with Crippen LogP contribution >= 0.6 is 34.8 Å². The fourth-order valence-electron chi connectivity index (χ4n) is 4.28. The van der Waals surface area contributed by atoms with E-state index in [9.17, 15) is 18.0 Å². The minimum Gasteiger partial charge on any atom is -0.352 e. The second-order valence-corrected chi connectivity index (χ2v) is 13.2. The third-order valence-corrected chi connectivity index (χ3v) is 9.26. The lowest BCUT2D eigenvalue weighted by molar-refractivity contribution is -0.140. The Hall–Kier alpha value is -2.78. The number of sulfonamides is 1. The lowest BCUT2D eigenvalue weighted by Crippen LogP contribution is -2.53. The first-order valence-electron chi connectivity index (χ1n) is 13.1. The Balaban J connectivity index is 2.11. The van der Waals surface area contributed by atoms with E-state index in [1.54, 1.807) is 43.3 Å². The van der Waals surface area contributed by atoms with Gasteiger partial charge in [0.05, 0.1) is 10.6 Å². The highest BCUT2D eigenvalue weighted by molar-refractivity contribution is 7.92. The Kier molecular flexibility index (Phi) is 11.1. The van der Waals surface area contributed by atoms with Crippen LogP contribution in [-0.4, -0.2) is 43.8 Å². The van der Waals surface area contributed by atoms with Crippen LogP contribution in [0.3, 0.4) is 0 Å². The molecule has 2 amide bonds. The number of nitrogens with zero attached hydrogens (tertiary/aromatic N) is 2. The molecule has 11 heteroatoms. The van der Waals surface area contributed by atoms with E-state index >= 15 is 0 Å². The zero-order valence-electron chi connectivity index (χ0n) is 23.6. The van der Waals surface area contributed by atoms with Crippen LogP contribution in [-0.2, 0) is 26.2 Å². The van der Waals surface area contributed by atoms with Crippen molar-refractivity contribution in [3.63, 3.8) is 0 Å². The number of nitrogens with one attached hydrogen (secondary N) is 1. The Morgan fingerprint density at radius 1 is 0.878 bits per heavy atom. The summed E-state index contributed by atoms with van der Waals surface area (Å²) in [6.45, 7) is 8.65. The van der Waals surface area contributed by atoms with Crippen molar-refractivity contribution in [2.24, 2.45) is 0 Å². The molecule has 3 aromatic rings. The molecule has 0 aliphatic carbocycles. The Bertz CT molecular complexity index is 1510. The van der Waals surface area contributed by atoms with Gasteiger partial charge in [-0.1, -0.05) is 53.9 Å². The molecule has 41 heavy (non-hydrogen) atoms. The summed E-state index contributed by atoms with van der Waals surface area (Å²) in [7, 11) is -4.20. The lowest BCUT2D eigenvalue weighted by atomic mass is 10.1. The van der Waals surface area contributed by atoms with Gasteiger partial charge >= 0.3 is 0 Å². The second-order valence-electron chi connectivity index (χ2n) is 10.1. The molecule has 3 aromatic carbocycles. The third kappa shape index (κ3) is 8.16. The van der Waals surface area contributed by atoms with Gasteiger partial charge in [0.2, 0.25) is 11.8 Å². The molecule has 1 N–H and O–H groups in total. The van der Waals surface area contributed by atoms with Crippen molar-refractivity contribution in [1.29, 1.82) is 0 Å². The number of hydrogen-bond acceptors (Lipinski definition) is 4. The SMILES string of the molecule is CCC(C(=O)NC(C)C)N(Cc1ccc(Cl)cc1Cl)C(=O)CN(c1ccc(C)c(C)c1)S(=O)(=O)c1ccc(Cl)cc1. The summed E-state index contributed by atoms with van der Waals surface area (Å²) in [5.74, 6) is -0.920. The summed E-state index contributed by atoms with van der Waals surface area (Å²) < 4.78 is 29.0. The van der Waals surface area contributed by atoms with E-state index in [-0.39, 0.29) is 23.4 Å². The van der Waals surface area contributed by atoms with Crippen molar-refractivity contribution >= 4 is 62.3 Å². The molecule has 0 fully saturated rings. The minimum atomic E-state index is -4.20. The number of anilines is 1. The van der Waals surface area contributed by atoms with Gasteiger partial charge in [-0.2, -0.15) is 0 Å². The van der Waals surface area contributed by atoms with E-state index in [4.69, 9.17) is 34.8 Å². The molecule has 7 nitrogen and oxygen atoms in total. The van der Waals surface area contributed by atoms with Crippen molar-refractivity contribution < 1.29 is 18.0 Å². The highest BCUT2D eigenvalue weighted by atomic mass is 35.5. The van der Waals surface area contributed by atoms with Crippen molar-refractivity contribution in [1.82, 2.24) is 10.2 Å². The zero-order chi connectivity index (χ0) is 30.5. The molecular formula is C30H34Cl3N3O4S. The second kappa shape index (κ2) is 13.9. The van der Waals surface area contributed by atoms with Crippen LogP contribution in [0.15, 0.2) is 65.6 Å². The summed E-state index contributed by atoms with van der Waals surface area (Å²) in [5, 5.41) is 4.00. The van der Waals surface area contributed by atoms with Gasteiger partial charge in [0.15, 0.2) is 0 Å². The maximum absolute atomic E-state index is 14.1. The number of rotatable bonds is 11. The molecule has 0 radical (unpaired) electrons. The highest BCUT2D eigenvalue weighted by Crippen LogP contribution is 2.28.